The number of Topliss-reactive ketones (excluding diaryl/α,β-unsaturated/α-hetero) is 1. The number of hydrogen-bond acceptors (Lipinski definition) is 8. The average molecular weight is 530 g/mol. The minimum atomic E-state index is -0.931. The molecular formula is C29H27N3O5S. The highest BCUT2D eigenvalue weighted by Gasteiger charge is 2.48. The molecule has 1 unspecified atom stereocenters. The van der Waals surface area contributed by atoms with Crippen molar-refractivity contribution in [3.8, 4) is 11.5 Å². The van der Waals surface area contributed by atoms with Gasteiger partial charge in [0.05, 0.1) is 35.0 Å². The molecule has 2 aromatic carbocycles. The number of ether oxygens (including phenoxy) is 2. The number of rotatable bonds is 7. The highest BCUT2D eigenvalue weighted by molar-refractivity contribution is 7.22. The molecule has 1 amide bonds. The summed E-state index contributed by atoms with van der Waals surface area (Å²) < 4.78 is 12.5. The summed E-state index contributed by atoms with van der Waals surface area (Å²) in [5, 5.41) is 11.7. The van der Waals surface area contributed by atoms with Crippen LogP contribution in [-0.4, -0.2) is 40.0 Å². The largest absolute Gasteiger partial charge is 0.507 e. The maximum Gasteiger partial charge on any atom is 0.301 e. The van der Waals surface area contributed by atoms with Crippen molar-refractivity contribution in [3.63, 3.8) is 0 Å². The van der Waals surface area contributed by atoms with E-state index >= 15 is 0 Å². The number of aromatic nitrogens is 2. The van der Waals surface area contributed by atoms with E-state index in [1.807, 2.05) is 39.8 Å². The zero-order chi connectivity index (χ0) is 27.0. The molecule has 1 N–H and O–H groups in total. The van der Waals surface area contributed by atoms with Crippen LogP contribution in [0.3, 0.4) is 0 Å². The molecule has 0 aliphatic carbocycles. The lowest BCUT2D eigenvalue weighted by Gasteiger charge is -2.24. The van der Waals surface area contributed by atoms with Crippen LogP contribution in [0.25, 0.3) is 16.0 Å². The highest BCUT2D eigenvalue weighted by Crippen LogP contribution is 2.46. The maximum atomic E-state index is 13.6. The zero-order valence-corrected chi connectivity index (χ0v) is 22.3. The Morgan fingerprint density at radius 1 is 1.00 bits per heavy atom. The molecule has 1 aliphatic heterocycles. The van der Waals surface area contributed by atoms with Crippen LogP contribution in [0.4, 0.5) is 5.13 Å². The zero-order valence-electron chi connectivity index (χ0n) is 21.5. The molecular weight excluding hydrogens is 502 g/mol. The average Bonchev–Trinajstić information content (AvgIpc) is 3.44. The van der Waals surface area contributed by atoms with Gasteiger partial charge < -0.3 is 14.6 Å². The van der Waals surface area contributed by atoms with Gasteiger partial charge in [0, 0.05) is 18.0 Å². The third kappa shape index (κ3) is 4.39. The number of nitrogens with zero attached hydrogens (tertiary/aromatic N) is 3. The number of aliphatic hydroxyl groups is 1. The lowest BCUT2D eigenvalue weighted by molar-refractivity contribution is -0.132. The van der Waals surface area contributed by atoms with Crippen LogP contribution in [0.5, 0.6) is 11.5 Å². The monoisotopic (exact) mass is 529 g/mol. The fraction of sp³-hybridized carbons (Fsp3) is 0.241. The SMILES string of the molecule is CCOc1ccc(C2C(=C(O)c3ccncc3)C(=O)C(=O)N2c2nc3c(C)cc(C)cc3s2)cc1OCC. The summed E-state index contributed by atoms with van der Waals surface area (Å²) in [6.45, 7) is 8.56. The normalized spacial score (nSPS) is 16.8. The van der Waals surface area contributed by atoms with Crippen LogP contribution in [0.2, 0.25) is 0 Å². The van der Waals surface area contributed by atoms with Gasteiger partial charge in [-0.05, 0) is 74.7 Å². The highest BCUT2D eigenvalue weighted by atomic mass is 32.1. The van der Waals surface area contributed by atoms with Gasteiger partial charge in [0.15, 0.2) is 16.6 Å². The van der Waals surface area contributed by atoms with Gasteiger partial charge in [-0.15, -0.1) is 0 Å². The molecule has 1 atom stereocenters. The van der Waals surface area contributed by atoms with Crippen LogP contribution in [0.15, 0.2) is 60.4 Å². The fourth-order valence-electron chi connectivity index (χ4n) is 4.71. The smallest absolute Gasteiger partial charge is 0.301 e. The van der Waals surface area contributed by atoms with Gasteiger partial charge >= 0.3 is 5.91 Å². The molecule has 0 saturated carbocycles. The molecule has 1 saturated heterocycles. The van der Waals surface area contributed by atoms with E-state index in [4.69, 9.17) is 14.5 Å². The molecule has 5 rings (SSSR count). The quantitative estimate of drug-likeness (QED) is 0.185. The molecule has 9 heteroatoms. The molecule has 0 spiro atoms. The molecule has 8 nitrogen and oxygen atoms in total. The van der Waals surface area contributed by atoms with E-state index in [-0.39, 0.29) is 11.3 Å². The lowest BCUT2D eigenvalue weighted by Crippen LogP contribution is -2.29. The molecule has 4 aromatic rings. The van der Waals surface area contributed by atoms with Gasteiger partial charge in [0.25, 0.3) is 5.78 Å². The van der Waals surface area contributed by atoms with Gasteiger partial charge in [-0.25, -0.2) is 4.98 Å². The molecule has 38 heavy (non-hydrogen) atoms. The van der Waals surface area contributed by atoms with Gasteiger partial charge in [-0.2, -0.15) is 0 Å². The summed E-state index contributed by atoms with van der Waals surface area (Å²) >= 11 is 1.33. The summed E-state index contributed by atoms with van der Waals surface area (Å²) in [7, 11) is 0. The summed E-state index contributed by atoms with van der Waals surface area (Å²) in [4.78, 5) is 37.2. The molecule has 2 aromatic heterocycles. The molecule has 3 heterocycles. The van der Waals surface area contributed by atoms with E-state index in [0.29, 0.717) is 41.0 Å². The molecule has 194 valence electrons. The Labute approximate surface area is 224 Å². The van der Waals surface area contributed by atoms with E-state index in [2.05, 4.69) is 4.98 Å². The second-order valence-electron chi connectivity index (χ2n) is 8.90. The Morgan fingerprint density at radius 2 is 1.71 bits per heavy atom. The number of amides is 1. The minimum Gasteiger partial charge on any atom is -0.507 e. The predicted molar refractivity (Wildman–Crippen MR) is 147 cm³/mol. The van der Waals surface area contributed by atoms with Crippen molar-refractivity contribution >= 4 is 44.1 Å². The second-order valence-corrected chi connectivity index (χ2v) is 9.91. The van der Waals surface area contributed by atoms with Crippen molar-refractivity contribution in [2.45, 2.75) is 33.7 Å². The van der Waals surface area contributed by atoms with Gasteiger partial charge in [0.2, 0.25) is 0 Å². The first-order valence-corrected chi connectivity index (χ1v) is 13.1. The number of anilines is 1. The Kier molecular flexibility index (Phi) is 6.86. The Balaban J connectivity index is 1.75. The van der Waals surface area contributed by atoms with Crippen LogP contribution in [0.1, 0.15) is 42.1 Å². The summed E-state index contributed by atoms with van der Waals surface area (Å²) in [5.41, 5.74) is 3.77. The van der Waals surface area contributed by atoms with Crippen LogP contribution in [-0.2, 0) is 9.59 Å². The number of thiazole rings is 1. The van der Waals surface area contributed by atoms with Gasteiger partial charge in [-0.3, -0.25) is 19.5 Å². The molecule has 0 bridgehead atoms. The standard InChI is InChI=1S/C29H27N3O5S/c1-5-36-20-8-7-19(15-21(20)37-6-2)25-23(26(33)18-9-11-30-12-10-18)27(34)28(35)32(25)29-31-24-17(4)13-16(3)14-22(24)38-29/h7-15,25,33H,5-6H2,1-4H3. The van der Waals surface area contributed by atoms with Crippen molar-refractivity contribution < 1.29 is 24.2 Å². The number of benzene rings is 2. The van der Waals surface area contributed by atoms with E-state index in [0.717, 1.165) is 21.3 Å². The van der Waals surface area contributed by atoms with Crippen molar-refractivity contribution in [2.24, 2.45) is 0 Å². The first-order valence-electron chi connectivity index (χ1n) is 12.3. The molecule has 0 radical (unpaired) electrons. The van der Waals surface area contributed by atoms with Crippen molar-refractivity contribution in [3.05, 3.63) is 82.7 Å². The summed E-state index contributed by atoms with van der Waals surface area (Å²) in [5.74, 6) is -0.792. The topological polar surface area (TPSA) is 102 Å². The number of aryl methyl sites for hydroxylation is 2. The number of aliphatic hydroxyl groups excluding tert-OH is 1. The van der Waals surface area contributed by atoms with E-state index in [1.54, 1.807) is 30.3 Å². The van der Waals surface area contributed by atoms with Crippen molar-refractivity contribution in [2.75, 3.05) is 18.1 Å². The summed E-state index contributed by atoms with van der Waals surface area (Å²) in [6, 6.07) is 11.6. The van der Waals surface area contributed by atoms with Crippen molar-refractivity contribution in [1.82, 2.24) is 9.97 Å². The number of carbonyl (C=O) groups excluding carboxylic acids is 2. The van der Waals surface area contributed by atoms with Crippen molar-refractivity contribution in [1.29, 1.82) is 0 Å². The van der Waals surface area contributed by atoms with E-state index < -0.39 is 17.7 Å². The first-order chi connectivity index (χ1) is 18.3. The third-order valence-electron chi connectivity index (χ3n) is 6.31. The van der Waals surface area contributed by atoms with E-state index in [1.165, 1.54) is 28.6 Å². The van der Waals surface area contributed by atoms with Crippen LogP contribution in [0, 0.1) is 13.8 Å². The Bertz CT molecular complexity index is 1580. The molecule has 1 fully saturated rings. The number of fused-ring (bicyclic) bond motifs is 1. The number of carbonyl (C=O) groups is 2. The third-order valence-corrected chi connectivity index (χ3v) is 7.31. The van der Waals surface area contributed by atoms with Gasteiger partial charge in [-0.1, -0.05) is 23.5 Å². The number of pyridine rings is 1. The van der Waals surface area contributed by atoms with E-state index in [9.17, 15) is 14.7 Å². The van der Waals surface area contributed by atoms with Crippen LogP contribution >= 0.6 is 11.3 Å². The number of hydrogen-bond donors (Lipinski definition) is 1. The fourth-order valence-corrected chi connectivity index (χ4v) is 5.88. The predicted octanol–water partition coefficient (Wildman–Crippen LogP) is 5.73. The van der Waals surface area contributed by atoms with Crippen LogP contribution < -0.4 is 14.4 Å². The Morgan fingerprint density at radius 3 is 2.42 bits per heavy atom. The van der Waals surface area contributed by atoms with Gasteiger partial charge in [0.1, 0.15) is 5.76 Å². The first kappa shape index (κ1) is 25.4. The lowest BCUT2D eigenvalue weighted by atomic mass is 9.95. The molecule has 1 aliphatic rings. The minimum absolute atomic E-state index is 0.0278. The number of ketones is 1. The Hall–Kier alpha value is -4.24. The second kappa shape index (κ2) is 10.3. The summed E-state index contributed by atoms with van der Waals surface area (Å²) in [6.07, 6.45) is 3.03. The maximum absolute atomic E-state index is 13.6.